The van der Waals surface area contributed by atoms with E-state index in [0.29, 0.717) is 6.54 Å². The van der Waals surface area contributed by atoms with E-state index < -0.39 is 5.60 Å². The number of carbonyl (C=O) groups excluding carboxylic acids is 1. The minimum absolute atomic E-state index is 0.246. The Morgan fingerprint density at radius 1 is 1.32 bits per heavy atom. The number of nitrogens with one attached hydrogen (secondary N) is 1. The van der Waals surface area contributed by atoms with Gasteiger partial charge in [-0.25, -0.2) is 4.39 Å². The fraction of sp³-hybridized carbons (Fsp3) is 0.400. The number of aliphatic hydroxyl groups is 1. The van der Waals surface area contributed by atoms with E-state index in [4.69, 9.17) is 0 Å². The molecule has 0 heterocycles. The Morgan fingerprint density at radius 2 is 1.95 bits per heavy atom. The highest BCUT2D eigenvalue weighted by Crippen LogP contribution is 2.28. The van der Waals surface area contributed by atoms with Gasteiger partial charge in [0.1, 0.15) is 5.82 Å². The first-order valence-electron chi connectivity index (χ1n) is 6.51. The van der Waals surface area contributed by atoms with E-state index in [1.54, 1.807) is 18.2 Å². The molecule has 0 spiro atoms. The van der Waals surface area contributed by atoms with Gasteiger partial charge in [-0.05, 0) is 36.6 Å². The van der Waals surface area contributed by atoms with Crippen LogP contribution in [0.25, 0.3) is 6.08 Å². The van der Waals surface area contributed by atoms with Crippen LogP contribution in [0.5, 0.6) is 0 Å². The maximum absolute atomic E-state index is 12.7. The van der Waals surface area contributed by atoms with Crippen molar-refractivity contribution in [2.24, 2.45) is 0 Å². The van der Waals surface area contributed by atoms with Crippen molar-refractivity contribution in [2.45, 2.75) is 31.3 Å². The summed E-state index contributed by atoms with van der Waals surface area (Å²) in [5.41, 5.74) is 0.0236. The Kier molecular flexibility index (Phi) is 4.32. The summed E-state index contributed by atoms with van der Waals surface area (Å²) in [6.07, 6.45) is 6.53. The molecule has 3 nitrogen and oxygen atoms in total. The topological polar surface area (TPSA) is 49.3 Å². The molecule has 0 unspecified atom stereocenters. The second-order valence-corrected chi connectivity index (χ2v) is 5.03. The quantitative estimate of drug-likeness (QED) is 0.819. The van der Waals surface area contributed by atoms with Gasteiger partial charge in [0.15, 0.2) is 0 Å². The molecule has 0 atom stereocenters. The smallest absolute Gasteiger partial charge is 0.244 e. The highest BCUT2D eigenvalue weighted by Gasteiger charge is 2.30. The van der Waals surface area contributed by atoms with Gasteiger partial charge in [0.05, 0.1) is 5.60 Å². The Balaban J connectivity index is 1.82. The third-order valence-electron chi connectivity index (χ3n) is 3.42. The average Bonchev–Trinajstić information content (AvgIpc) is 2.83. The molecule has 1 amide bonds. The number of amides is 1. The van der Waals surface area contributed by atoms with E-state index in [1.165, 1.54) is 18.2 Å². The zero-order valence-electron chi connectivity index (χ0n) is 10.7. The molecule has 4 heteroatoms. The molecular weight excluding hydrogens is 245 g/mol. The van der Waals surface area contributed by atoms with Crippen LogP contribution in [0.15, 0.2) is 30.3 Å². The van der Waals surface area contributed by atoms with Crippen LogP contribution >= 0.6 is 0 Å². The number of benzene rings is 1. The van der Waals surface area contributed by atoms with Gasteiger partial charge in [-0.15, -0.1) is 0 Å². The highest BCUT2D eigenvalue weighted by molar-refractivity contribution is 5.91. The monoisotopic (exact) mass is 263 g/mol. The molecule has 2 rings (SSSR count). The van der Waals surface area contributed by atoms with Crippen LogP contribution in [0.1, 0.15) is 31.2 Å². The fourth-order valence-corrected chi connectivity index (χ4v) is 2.27. The molecule has 1 fully saturated rings. The van der Waals surface area contributed by atoms with Crippen molar-refractivity contribution in [3.05, 3.63) is 41.7 Å². The third kappa shape index (κ3) is 4.17. The molecule has 102 valence electrons. The first kappa shape index (κ1) is 13.7. The number of carbonyl (C=O) groups is 1. The van der Waals surface area contributed by atoms with Crippen LogP contribution in [0, 0.1) is 5.82 Å². The Labute approximate surface area is 112 Å². The largest absolute Gasteiger partial charge is 0.388 e. The Morgan fingerprint density at radius 3 is 2.58 bits per heavy atom. The van der Waals surface area contributed by atoms with Gasteiger partial charge >= 0.3 is 0 Å². The average molecular weight is 263 g/mol. The molecule has 1 aromatic carbocycles. The van der Waals surface area contributed by atoms with Gasteiger partial charge < -0.3 is 10.4 Å². The van der Waals surface area contributed by atoms with Crippen molar-refractivity contribution in [2.75, 3.05) is 6.54 Å². The minimum Gasteiger partial charge on any atom is -0.388 e. The van der Waals surface area contributed by atoms with Crippen LogP contribution in [-0.2, 0) is 4.79 Å². The minimum atomic E-state index is -0.737. The molecule has 19 heavy (non-hydrogen) atoms. The molecule has 1 saturated carbocycles. The summed E-state index contributed by atoms with van der Waals surface area (Å²) < 4.78 is 12.7. The van der Waals surface area contributed by atoms with Gasteiger partial charge in [0.2, 0.25) is 5.91 Å². The highest BCUT2D eigenvalue weighted by atomic mass is 19.1. The van der Waals surface area contributed by atoms with Crippen LogP contribution < -0.4 is 5.32 Å². The van der Waals surface area contributed by atoms with Crippen molar-refractivity contribution in [1.82, 2.24) is 5.32 Å². The third-order valence-corrected chi connectivity index (χ3v) is 3.42. The van der Waals surface area contributed by atoms with Crippen molar-refractivity contribution in [1.29, 1.82) is 0 Å². The standard InChI is InChI=1S/C15H18FNO2/c16-13-6-3-12(4-7-13)5-8-14(18)17-11-15(19)9-1-2-10-15/h3-8,19H,1-2,9-11H2,(H,17,18). The van der Waals surface area contributed by atoms with Gasteiger partial charge in [-0.2, -0.15) is 0 Å². The predicted octanol–water partition coefficient (Wildman–Crippen LogP) is 2.26. The Hall–Kier alpha value is -1.68. The summed E-state index contributed by atoms with van der Waals surface area (Å²) in [7, 11) is 0. The normalized spacial score (nSPS) is 17.8. The van der Waals surface area contributed by atoms with Crippen LogP contribution in [0.2, 0.25) is 0 Å². The first-order valence-corrected chi connectivity index (χ1v) is 6.51. The number of halogens is 1. The number of hydrogen-bond donors (Lipinski definition) is 2. The lowest BCUT2D eigenvalue weighted by Gasteiger charge is -2.21. The summed E-state index contributed by atoms with van der Waals surface area (Å²) in [5.74, 6) is -0.547. The second-order valence-electron chi connectivity index (χ2n) is 5.03. The second kappa shape index (κ2) is 5.97. The molecule has 0 saturated heterocycles. The van der Waals surface area contributed by atoms with Gasteiger partial charge in [0.25, 0.3) is 0 Å². The molecule has 2 N–H and O–H groups in total. The molecule has 0 radical (unpaired) electrons. The molecule has 1 aliphatic rings. The molecule has 0 aliphatic heterocycles. The lowest BCUT2D eigenvalue weighted by atomic mass is 10.0. The van der Waals surface area contributed by atoms with Crippen molar-refractivity contribution >= 4 is 12.0 Å². The van der Waals surface area contributed by atoms with E-state index in [-0.39, 0.29) is 11.7 Å². The van der Waals surface area contributed by atoms with E-state index in [2.05, 4.69) is 5.32 Å². The number of rotatable bonds is 4. The maximum Gasteiger partial charge on any atom is 0.244 e. The molecular formula is C15H18FNO2. The van der Waals surface area contributed by atoms with E-state index in [1.807, 2.05) is 0 Å². The van der Waals surface area contributed by atoms with Crippen molar-refractivity contribution in [3.63, 3.8) is 0 Å². The first-order chi connectivity index (χ1) is 9.07. The number of hydrogen-bond acceptors (Lipinski definition) is 2. The van der Waals surface area contributed by atoms with E-state index in [9.17, 15) is 14.3 Å². The van der Waals surface area contributed by atoms with Gasteiger partial charge in [-0.3, -0.25) is 4.79 Å². The summed E-state index contributed by atoms with van der Waals surface area (Å²) in [6.45, 7) is 0.291. The lowest BCUT2D eigenvalue weighted by Crippen LogP contribution is -2.40. The van der Waals surface area contributed by atoms with Crippen molar-refractivity contribution < 1.29 is 14.3 Å². The maximum atomic E-state index is 12.7. The Bertz CT molecular complexity index is 462. The van der Waals surface area contributed by atoms with Crippen LogP contribution in [0.3, 0.4) is 0 Å². The van der Waals surface area contributed by atoms with Crippen LogP contribution in [-0.4, -0.2) is 23.2 Å². The van der Waals surface area contributed by atoms with Gasteiger partial charge in [0, 0.05) is 12.6 Å². The molecule has 0 bridgehead atoms. The molecule has 1 aromatic rings. The van der Waals surface area contributed by atoms with Gasteiger partial charge in [-0.1, -0.05) is 25.0 Å². The zero-order valence-corrected chi connectivity index (χ0v) is 10.7. The van der Waals surface area contributed by atoms with E-state index in [0.717, 1.165) is 31.2 Å². The molecule has 0 aromatic heterocycles. The molecule has 1 aliphatic carbocycles. The fourth-order valence-electron chi connectivity index (χ4n) is 2.27. The lowest BCUT2D eigenvalue weighted by molar-refractivity contribution is -0.117. The van der Waals surface area contributed by atoms with Crippen LogP contribution in [0.4, 0.5) is 4.39 Å². The van der Waals surface area contributed by atoms with Crippen molar-refractivity contribution in [3.8, 4) is 0 Å². The van der Waals surface area contributed by atoms with E-state index >= 15 is 0 Å². The summed E-state index contributed by atoms with van der Waals surface area (Å²) in [6, 6.07) is 5.89. The predicted molar refractivity (Wildman–Crippen MR) is 71.9 cm³/mol. The SMILES string of the molecule is O=C(C=Cc1ccc(F)cc1)NCC1(O)CCCC1. The summed E-state index contributed by atoms with van der Waals surface area (Å²) >= 11 is 0. The summed E-state index contributed by atoms with van der Waals surface area (Å²) in [5, 5.41) is 12.8. The summed E-state index contributed by atoms with van der Waals surface area (Å²) in [4.78, 5) is 11.6. The zero-order chi connectivity index (χ0) is 13.7.